The van der Waals surface area contributed by atoms with Gasteiger partial charge >= 0.3 is 12.0 Å². The maximum absolute atomic E-state index is 12.1. The van der Waals surface area contributed by atoms with Crippen LogP contribution in [0, 0.1) is 12.3 Å². The van der Waals surface area contributed by atoms with Crippen LogP contribution >= 0.6 is 0 Å². The Morgan fingerprint density at radius 3 is 2.75 bits per heavy atom. The number of aryl methyl sites for hydroxylation is 1. The zero-order valence-electron chi connectivity index (χ0n) is 12.1. The number of nitrogens with zero attached hydrogens (tertiary/aromatic N) is 1. The van der Waals surface area contributed by atoms with E-state index in [4.69, 9.17) is 4.42 Å². The first kappa shape index (κ1) is 13.5. The average molecular weight is 277 g/mol. The fourth-order valence-corrected chi connectivity index (χ4v) is 3.92. The maximum Gasteiger partial charge on any atom is 0.323 e. The lowest BCUT2D eigenvalue weighted by Crippen LogP contribution is -2.46. The Morgan fingerprint density at radius 2 is 2.05 bits per heavy atom. The Kier molecular flexibility index (Phi) is 3.68. The van der Waals surface area contributed by atoms with Crippen LogP contribution in [0.15, 0.2) is 10.6 Å². The monoisotopic (exact) mass is 277 g/mol. The van der Waals surface area contributed by atoms with Crippen LogP contribution in [-0.2, 0) is 0 Å². The number of carbonyl (C=O) groups excluding carboxylic acids is 1. The molecule has 1 unspecified atom stereocenters. The van der Waals surface area contributed by atoms with Crippen molar-refractivity contribution in [2.24, 2.45) is 5.41 Å². The van der Waals surface area contributed by atoms with Gasteiger partial charge in [0.1, 0.15) is 5.76 Å². The molecule has 2 N–H and O–H groups in total. The van der Waals surface area contributed by atoms with E-state index in [1.165, 1.54) is 44.9 Å². The van der Waals surface area contributed by atoms with Gasteiger partial charge in [0.15, 0.2) is 0 Å². The summed E-state index contributed by atoms with van der Waals surface area (Å²) >= 11 is 0. The molecule has 2 fully saturated rings. The van der Waals surface area contributed by atoms with Gasteiger partial charge < -0.3 is 9.73 Å². The van der Waals surface area contributed by atoms with Gasteiger partial charge in [0.05, 0.1) is 6.20 Å². The lowest BCUT2D eigenvalue weighted by molar-refractivity contribution is 0.152. The van der Waals surface area contributed by atoms with Gasteiger partial charge in [-0.2, -0.15) is 0 Å². The molecule has 2 aliphatic rings. The molecule has 1 atom stereocenters. The zero-order chi connectivity index (χ0) is 14.0. The Hall–Kier alpha value is -1.52. The molecular formula is C15H23N3O2. The van der Waals surface area contributed by atoms with Crippen molar-refractivity contribution in [2.75, 3.05) is 5.32 Å². The van der Waals surface area contributed by atoms with Gasteiger partial charge in [0.2, 0.25) is 0 Å². The third-order valence-corrected chi connectivity index (χ3v) is 4.90. The molecule has 3 rings (SSSR count). The average Bonchev–Trinajstić information content (AvgIpc) is 2.99. The molecule has 5 nitrogen and oxygen atoms in total. The van der Waals surface area contributed by atoms with Crippen LogP contribution in [0.5, 0.6) is 0 Å². The second kappa shape index (κ2) is 5.46. The third-order valence-electron chi connectivity index (χ3n) is 4.90. The molecule has 2 amide bonds. The van der Waals surface area contributed by atoms with Gasteiger partial charge in [-0.15, -0.1) is 0 Å². The molecule has 0 radical (unpaired) electrons. The van der Waals surface area contributed by atoms with Crippen molar-refractivity contribution in [2.45, 2.75) is 64.3 Å². The molecule has 2 aliphatic carbocycles. The summed E-state index contributed by atoms with van der Waals surface area (Å²) in [5, 5.41) is 5.83. The minimum absolute atomic E-state index is 0.191. The first-order chi connectivity index (χ1) is 9.68. The molecule has 1 aromatic rings. The lowest BCUT2D eigenvalue weighted by Gasteiger charge is -2.39. The summed E-state index contributed by atoms with van der Waals surface area (Å²) in [6.07, 6.45) is 11.7. The number of carbonyl (C=O) groups is 1. The largest absolute Gasteiger partial charge is 0.429 e. The topological polar surface area (TPSA) is 67.2 Å². The number of aromatic nitrogens is 1. The number of hydrogen-bond acceptors (Lipinski definition) is 3. The van der Waals surface area contributed by atoms with Gasteiger partial charge in [-0.1, -0.05) is 25.7 Å². The second-order valence-corrected chi connectivity index (χ2v) is 6.24. The van der Waals surface area contributed by atoms with Gasteiger partial charge in [-0.3, -0.25) is 5.32 Å². The molecule has 1 spiro atoms. The highest BCUT2D eigenvalue weighted by atomic mass is 16.4. The normalized spacial score (nSPS) is 24.8. The van der Waals surface area contributed by atoms with Crippen molar-refractivity contribution in [3.05, 3.63) is 12.0 Å². The van der Waals surface area contributed by atoms with Crippen LogP contribution in [0.4, 0.5) is 10.8 Å². The molecule has 2 saturated carbocycles. The van der Waals surface area contributed by atoms with Crippen molar-refractivity contribution in [1.29, 1.82) is 0 Å². The smallest absolute Gasteiger partial charge is 0.323 e. The molecule has 5 heteroatoms. The minimum atomic E-state index is -0.191. The zero-order valence-corrected chi connectivity index (χ0v) is 12.1. The lowest BCUT2D eigenvalue weighted by atomic mass is 9.70. The van der Waals surface area contributed by atoms with E-state index in [9.17, 15) is 4.79 Å². The summed E-state index contributed by atoms with van der Waals surface area (Å²) in [6.45, 7) is 1.81. The predicted molar refractivity (Wildman–Crippen MR) is 76.6 cm³/mol. The van der Waals surface area contributed by atoms with Crippen LogP contribution in [0.2, 0.25) is 0 Å². The fourth-order valence-electron chi connectivity index (χ4n) is 3.92. The summed E-state index contributed by atoms with van der Waals surface area (Å²) in [4.78, 5) is 16.1. The molecule has 0 aromatic carbocycles. The number of amides is 2. The van der Waals surface area contributed by atoms with Gasteiger partial charge in [0.25, 0.3) is 0 Å². The highest BCUT2D eigenvalue weighted by Crippen LogP contribution is 2.49. The van der Waals surface area contributed by atoms with E-state index in [0.29, 0.717) is 17.2 Å². The highest BCUT2D eigenvalue weighted by Gasteiger charge is 2.43. The van der Waals surface area contributed by atoms with E-state index < -0.39 is 0 Å². The van der Waals surface area contributed by atoms with E-state index in [1.807, 2.05) is 6.92 Å². The molecule has 20 heavy (non-hydrogen) atoms. The van der Waals surface area contributed by atoms with Crippen molar-refractivity contribution < 1.29 is 9.21 Å². The van der Waals surface area contributed by atoms with E-state index >= 15 is 0 Å². The number of nitrogens with one attached hydrogen (secondary N) is 2. The summed E-state index contributed by atoms with van der Waals surface area (Å²) < 4.78 is 5.27. The molecule has 0 bridgehead atoms. The Labute approximate surface area is 119 Å². The molecule has 110 valence electrons. The van der Waals surface area contributed by atoms with Crippen LogP contribution in [0.25, 0.3) is 0 Å². The molecule has 0 aliphatic heterocycles. The molecule has 1 aromatic heterocycles. The Morgan fingerprint density at radius 1 is 1.30 bits per heavy atom. The minimum Gasteiger partial charge on any atom is -0.429 e. The molecular weight excluding hydrogens is 254 g/mol. The second-order valence-electron chi connectivity index (χ2n) is 6.24. The van der Waals surface area contributed by atoms with Crippen molar-refractivity contribution >= 4 is 12.0 Å². The standard InChI is InChI=1S/C15H23N3O2/c1-11-10-16-14(20-11)18-13(19)17-12-6-5-9-15(12)7-3-2-4-8-15/h10,12H,2-9H2,1H3,(H2,16,17,18,19). The first-order valence-corrected chi connectivity index (χ1v) is 7.68. The number of anilines is 1. The third kappa shape index (κ3) is 2.67. The summed E-state index contributed by atoms with van der Waals surface area (Å²) in [5.74, 6) is 0.699. The first-order valence-electron chi connectivity index (χ1n) is 7.68. The van der Waals surface area contributed by atoms with Crippen LogP contribution < -0.4 is 10.6 Å². The number of rotatable bonds is 2. The number of urea groups is 1. The maximum atomic E-state index is 12.1. The van der Waals surface area contributed by atoms with E-state index in [0.717, 1.165) is 6.42 Å². The number of hydrogen-bond donors (Lipinski definition) is 2. The van der Waals surface area contributed by atoms with E-state index in [2.05, 4.69) is 15.6 Å². The SMILES string of the molecule is Cc1cnc(NC(=O)NC2CCCC23CCCCC3)o1. The summed E-state index contributed by atoms with van der Waals surface area (Å²) in [6, 6.07) is 0.387. The summed E-state index contributed by atoms with van der Waals surface area (Å²) in [7, 11) is 0. The van der Waals surface area contributed by atoms with Crippen molar-refractivity contribution in [3.63, 3.8) is 0 Å². The highest BCUT2D eigenvalue weighted by molar-refractivity contribution is 5.87. The quantitative estimate of drug-likeness (QED) is 0.867. The molecule has 1 heterocycles. The van der Waals surface area contributed by atoms with E-state index in [1.54, 1.807) is 6.20 Å². The van der Waals surface area contributed by atoms with Crippen LogP contribution in [-0.4, -0.2) is 17.1 Å². The van der Waals surface area contributed by atoms with Crippen molar-refractivity contribution in [3.8, 4) is 0 Å². The van der Waals surface area contributed by atoms with Gasteiger partial charge in [0, 0.05) is 6.04 Å². The van der Waals surface area contributed by atoms with Crippen LogP contribution in [0.3, 0.4) is 0 Å². The van der Waals surface area contributed by atoms with E-state index in [-0.39, 0.29) is 12.0 Å². The van der Waals surface area contributed by atoms with Crippen molar-refractivity contribution in [1.82, 2.24) is 10.3 Å². The Bertz CT molecular complexity index is 477. The fraction of sp³-hybridized carbons (Fsp3) is 0.733. The predicted octanol–water partition coefficient (Wildman–Crippen LogP) is 3.61. The number of oxazole rings is 1. The van der Waals surface area contributed by atoms with Crippen LogP contribution in [0.1, 0.15) is 57.1 Å². The van der Waals surface area contributed by atoms with Gasteiger partial charge in [-0.05, 0) is 38.0 Å². The molecule has 0 saturated heterocycles. The van der Waals surface area contributed by atoms with Gasteiger partial charge in [-0.25, -0.2) is 9.78 Å². The Balaban J connectivity index is 1.60. The summed E-state index contributed by atoms with van der Waals surface area (Å²) in [5.41, 5.74) is 0.349.